The SMILES string of the molecule is Cl.O=C(C1CNCCO1)N1CCCOCC1. The van der Waals surface area contributed by atoms with Gasteiger partial charge in [-0.25, -0.2) is 0 Å². The first-order chi connectivity index (χ1) is 7.38. The summed E-state index contributed by atoms with van der Waals surface area (Å²) in [5.74, 6) is 0.104. The standard InChI is InChI=1S/C10H18N2O3.ClH/c13-10(9-8-11-2-6-15-9)12-3-1-5-14-7-4-12;/h9,11H,1-8H2;1H. The van der Waals surface area contributed by atoms with Crippen molar-refractivity contribution in [2.75, 3.05) is 46.0 Å². The molecule has 0 aliphatic carbocycles. The molecule has 2 saturated heterocycles. The molecule has 1 unspecified atom stereocenters. The van der Waals surface area contributed by atoms with Crippen molar-refractivity contribution in [2.24, 2.45) is 0 Å². The zero-order valence-corrected chi connectivity index (χ0v) is 10.1. The quantitative estimate of drug-likeness (QED) is 0.691. The summed E-state index contributed by atoms with van der Waals surface area (Å²) in [5, 5.41) is 3.17. The Kier molecular flexibility index (Phi) is 6.05. The Hall–Kier alpha value is -0.360. The summed E-state index contributed by atoms with van der Waals surface area (Å²) >= 11 is 0. The highest BCUT2D eigenvalue weighted by atomic mass is 35.5. The van der Waals surface area contributed by atoms with Gasteiger partial charge < -0.3 is 19.7 Å². The van der Waals surface area contributed by atoms with Crippen LogP contribution in [0.4, 0.5) is 0 Å². The normalized spacial score (nSPS) is 26.8. The van der Waals surface area contributed by atoms with Crippen LogP contribution in [0, 0.1) is 0 Å². The Labute approximate surface area is 102 Å². The highest BCUT2D eigenvalue weighted by Gasteiger charge is 2.27. The minimum atomic E-state index is -0.295. The molecule has 2 aliphatic rings. The predicted molar refractivity (Wildman–Crippen MR) is 61.9 cm³/mol. The Morgan fingerprint density at radius 3 is 2.88 bits per heavy atom. The molecule has 2 heterocycles. The Morgan fingerprint density at radius 2 is 2.12 bits per heavy atom. The summed E-state index contributed by atoms with van der Waals surface area (Å²) in [5.41, 5.74) is 0. The molecular weight excluding hydrogens is 232 g/mol. The highest BCUT2D eigenvalue weighted by Crippen LogP contribution is 2.06. The Morgan fingerprint density at radius 1 is 1.25 bits per heavy atom. The molecule has 0 bridgehead atoms. The van der Waals surface area contributed by atoms with E-state index in [1.54, 1.807) is 0 Å². The number of hydrogen-bond acceptors (Lipinski definition) is 4. The number of carbonyl (C=O) groups is 1. The van der Waals surface area contributed by atoms with E-state index in [-0.39, 0.29) is 24.4 Å². The molecule has 2 fully saturated rings. The molecule has 0 radical (unpaired) electrons. The van der Waals surface area contributed by atoms with Crippen molar-refractivity contribution in [3.05, 3.63) is 0 Å². The summed E-state index contributed by atoms with van der Waals surface area (Å²) < 4.78 is 10.8. The lowest BCUT2D eigenvalue weighted by Gasteiger charge is -2.28. The van der Waals surface area contributed by atoms with Crippen LogP contribution in [0.3, 0.4) is 0 Å². The van der Waals surface area contributed by atoms with Crippen LogP contribution >= 0.6 is 12.4 Å². The maximum atomic E-state index is 12.0. The topological polar surface area (TPSA) is 50.8 Å². The molecule has 94 valence electrons. The number of nitrogens with zero attached hydrogens (tertiary/aromatic N) is 1. The van der Waals surface area contributed by atoms with Crippen molar-refractivity contribution in [1.82, 2.24) is 10.2 Å². The number of nitrogens with one attached hydrogen (secondary N) is 1. The van der Waals surface area contributed by atoms with Crippen LogP contribution in [0.1, 0.15) is 6.42 Å². The molecule has 16 heavy (non-hydrogen) atoms. The van der Waals surface area contributed by atoms with E-state index in [1.165, 1.54) is 0 Å². The fraction of sp³-hybridized carbons (Fsp3) is 0.900. The fourth-order valence-electron chi connectivity index (χ4n) is 1.89. The first kappa shape index (κ1) is 13.7. The number of ether oxygens (including phenoxy) is 2. The Bertz CT molecular complexity index is 214. The van der Waals surface area contributed by atoms with Gasteiger partial charge in [0.2, 0.25) is 0 Å². The molecule has 5 nitrogen and oxygen atoms in total. The second kappa shape index (κ2) is 7.06. The molecule has 6 heteroatoms. The van der Waals surface area contributed by atoms with Gasteiger partial charge in [0.05, 0.1) is 13.2 Å². The third kappa shape index (κ3) is 3.59. The molecule has 0 spiro atoms. The van der Waals surface area contributed by atoms with Crippen LogP contribution in [-0.4, -0.2) is 62.9 Å². The summed E-state index contributed by atoms with van der Waals surface area (Å²) in [6.07, 6.45) is 0.628. The van der Waals surface area contributed by atoms with Crippen molar-refractivity contribution >= 4 is 18.3 Å². The molecule has 1 atom stereocenters. The van der Waals surface area contributed by atoms with Gasteiger partial charge in [-0.2, -0.15) is 0 Å². The molecule has 2 rings (SSSR count). The minimum Gasteiger partial charge on any atom is -0.380 e. The first-order valence-electron chi connectivity index (χ1n) is 5.57. The van der Waals surface area contributed by atoms with Gasteiger partial charge in [0.15, 0.2) is 0 Å². The van der Waals surface area contributed by atoms with E-state index >= 15 is 0 Å². The summed E-state index contributed by atoms with van der Waals surface area (Å²) in [6, 6.07) is 0. The monoisotopic (exact) mass is 250 g/mol. The van der Waals surface area contributed by atoms with Crippen LogP contribution < -0.4 is 5.32 Å². The zero-order chi connectivity index (χ0) is 10.5. The van der Waals surface area contributed by atoms with Crippen molar-refractivity contribution in [3.8, 4) is 0 Å². The van der Waals surface area contributed by atoms with Gasteiger partial charge in [-0.05, 0) is 6.42 Å². The van der Waals surface area contributed by atoms with Crippen LogP contribution in [0.5, 0.6) is 0 Å². The van der Waals surface area contributed by atoms with Crippen molar-refractivity contribution in [1.29, 1.82) is 0 Å². The lowest BCUT2D eigenvalue weighted by Crippen LogP contribution is -2.50. The van der Waals surface area contributed by atoms with E-state index in [1.807, 2.05) is 4.90 Å². The van der Waals surface area contributed by atoms with Gasteiger partial charge >= 0.3 is 0 Å². The summed E-state index contributed by atoms with van der Waals surface area (Å²) in [7, 11) is 0. The second-order valence-electron chi connectivity index (χ2n) is 3.85. The van der Waals surface area contributed by atoms with Gasteiger partial charge in [-0.1, -0.05) is 0 Å². The van der Waals surface area contributed by atoms with Gasteiger partial charge in [-0.15, -0.1) is 12.4 Å². The molecule has 0 aromatic rings. The van der Waals surface area contributed by atoms with E-state index in [0.29, 0.717) is 26.3 Å². The number of amides is 1. The van der Waals surface area contributed by atoms with Crippen molar-refractivity contribution < 1.29 is 14.3 Å². The molecule has 1 amide bonds. The molecule has 0 aromatic heterocycles. The zero-order valence-electron chi connectivity index (χ0n) is 9.31. The van der Waals surface area contributed by atoms with Crippen molar-refractivity contribution in [3.63, 3.8) is 0 Å². The van der Waals surface area contributed by atoms with Gasteiger partial charge in [0.1, 0.15) is 6.10 Å². The van der Waals surface area contributed by atoms with E-state index in [0.717, 1.165) is 26.1 Å². The third-order valence-corrected chi connectivity index (χ3v) is 2.74. The number of carbonyl (C=O) groups excluding carboxylic acids is 1. The number of halogens is 1. The largest absolute Gasteiger partial charge is 0.380 e. The van der Waals surface area contributed by atoms with E-state index < -0.39 is 0 Å². The van der Waals surface area contributed by atoms with Crippen LogP contribution in [0.25, 0.3) is 0 Å². The lowest BCUT2D eigenvalue weighted by molar-refractivity contribution is -0.145. The fourth-order valence-corrected chi connectivity index (χ4v) is 1.89. The van der Waals surface area contributed by atoms with Crippen LogP contribution in [0.2, 0.25) is 0 Å². The second-order valence-corrected chi connectivity index (χ2v) is 3.85. The minimum absolute atomic E-state index is 0. The molecular formula is C10H19ClN2O3. The van der Waals surface area contributed by atoms with E-state index in [2.05, 4.69) is 5.32 Å². The van der Waals surface area contributed by atoms with Crippen molar-refractivity contribution in [2.45, 2.75) is 12.5 Å². The van der Waals surface area contributed by atoms with E-state index in [9.17, 15) is 4.79 Å². The predicted octanol–water partition coefficient (Wildman–Crippen LogP) is -0.354. The van der Waals surface area contributed by atoms with Crippen LogP contribution in [-0.2, 0) is 14.3 Å². The molecule has 0 saturated carbocycles. The highest BCUT2D eigenvalue weighted by molar-refractivity contribution is 5.85. The van der Waals surface area contributed by atoms with Gasteiger partial charge in [0, 0.05) is 32.8 Å². The maximum absolute atomic E-state index is 12.0. The Balaban J connectivity index is 0.00000128. The smallest absolute Gasteiger partial charge is 0.253 e. The average Bonchev–Trinajstić information content (AvgIpc) is 2.58. The summed E-state index contributed by atoms with van der Waals surface area (Å²) in [6.45, 7) is 4.99. The van der Waals surface area contributed by atoms with Gasteiger partial charge in [0.25, 0.3) is 5.91 Å². The molecule has 2 aliphatic heterocycles. The summed E-state index contributed by atoms with van der Waals surface area (Å²) in [4.78, 5) is 13.9. The number of hydrogen-bond donors (Lipinski definition) is 1. The molecule has 0 aromatic carbocycles. The lowest BCUT2D eigenvalue weighted by atomic mass is 10.2. The maximum Gasteiger partial charge on any atom is 0.253 e. The van der Waals surface area contributed by atoms with Crippen LogP contribution in [0.15, 0.2) is 0 Å². The average molecular weight is 251 g/mol. The number of morpholine rings is 1. The molecule has 1 N–H and O–H groups in total. The van der Waals surface area contributed by atoms with Gasteiger partial charge in [-0.3, -0.25) is 4.79 Å². The number of rotatable bonds is 1. The van der Waals surface area contributed by atoms with E-state index in [4.69, 9.17) is 9.47 Å². The third-order valence-electron chi connectivity index (χ3n) is 2.74. The first-order valence-corrected chi connectivity index (χ1v) is 5.57.